The van der Waals surface area contributed by atoms with Gasteiger partial charge in [0, 0.05) is 16.3 Å². The molecule has 0 aliphatic rings. The summed E-state index contributed by atoms with van der Waals surface area (Å²) in [4.78, 5) is 31.3. The zero-order valence-electron chi connectivity index (χ0n) is 19.0. The van der Waals surface area contributed by atoms with Gasteiger partial charge in [-0.05, 0) is 67.1 Å². The molecule has 0 aliphatic heterocycles. The summed E-state index contributed by atoms with van der Waals surface area (Å²) in [5, 5.41) is 3.83. The lowest BCUT2D eigenvalue weighted by Crippen LogP contribution is -2.21. The van der Waals surface area contributed by atoms with Crippen LogP contribution in [0.1, 0.15) is 20.8 Å². The second kappa shape index (κ2) is 9.93. The molecule has 2 heterocycles. The molecule has 9 heteroatoms. The Balaban J connectivity index is 1.35. The van der Waals surface area contributed by atoms with Gasteiger partial charge in [0.15, 0.2) is 0 Å². The average molecular weight is 520 g/mol. The first kappa shape index (κ1) is 23.7. The first-order valence-corrected chi connectivity index (χ1v) is 12.2. The molecule has 0 atom stereocenters. The van der Waals surface area contributed by atoms with Crippen LogP contribution in [0.3, 0.4) is 0 Å². The molecule has 0 unspecified atom stereocenters. The van der Waals surface area contributed by atoms with Gasteiger partial charge >= 0.3 is 0 Å². The number of ether oxygens (including phenoxy) is 1. The number of aromatic nitrogens is 2. The van der Waals surface area contributed by atoms with Crippen LogP contribution in [0.4, 0.5) is 10.1 Å². The van der Waals surface area contributed by atoms with Crippen LogP contribution >= 0.6 is 22.9 Å². The van der Waals surface area contributed by atoms with Crippen LogP contribution in [0.25, 0.3) is 10.2 Å². The summed E-state index contributed by atoms with van der Waals surface area (Å²) >= 11 is 7.04. The second-order valence-electron chi connectivity index (χ2n) is 8.04. The van der Waals surface area contributed by atoms with Crippen molar-refractivity contribution >= 4 is 44.7 Å². The minimum atomic E-state index is -0.392. The standard InChI is InChI=1S/C27H19ClFN3O3S/c1-16-23-26(30-15-32(27(23)34)14-17-4-2-3-5-22(17)29)36-24(16)25(33)31-19-8-12-21(13-9-19)35-20-10-6-18(28)7-11-20/h2-13,15H,14H2,1H3,(H,31,33). The Morgan fingerprint density at radius 3 is 2.42 bits per heavy atom. The van der Waals surface area contributed by atoms with Gasteiger partial charge in [0.25, 0.3) is 11.5 Å². The normalized spacial score (nSPS) is 11.0. The third-order valence-corrected chi connectivity index (χ3v) is 7.03. The van der Waals surface area contributed by atoms with Crippen molar-refractivity contribution in [1.82, 2.24) is 9.55 Å². The van der Waals surface area contributed by atoms with Crippen LogP contribution in [-0.2, 0) is 6.54 Å². The van der Waals surface area contributed by atoms with E-state index in [9.17, 15) is 14.0 Å². The minimum Gasteiger partial charge on any atom is -0.457 e. The number of hydrogen-bond donors (Lipinski definition) is 1. The molecule has 0 saturated heterocycles. The first-order valence-electron chi connectivity index (χ1n) is 11.0. The number of thiophene rings is 1. The second-order valence-corrected chi connectivity index (χ2v) is 9.48. The number of aryl methyl sites for hydroxylation is 1. The van der Waals surface area contributed by atoms with Crippen LogP contribution in [0.15, 0.2) is 83.9 Å². The summed E-state index contributed by atoms with van der Waals surface area (Å²) in [6.07, 6.45) is 1.38. The van der Waals surface area contributed by atoms with Crippen molar-refractivity contribution in [2.24, 2.45) is 0 Å². The molecule has 1 N–H and O–H groups in total. The van der Waals surface area contributed by atoms with Crippen LogP contribution in [0, 0.1) is 12.7 Å². The number of amides is 1. The fourth-order valence-corrected chi connectivity index (χ4v) is 4.89. The predicted octanol–water partition coefficient (Wildman–Crippen LogP) is 6.65. The van der Waals surface area contributed by atoms with Crippen LogP contribution in [0.2, 0.25) is 5.02 Å². The molecule has 5 rings (SSSR count). The molecule has 0 bridgehead atoms. The topological polar surface area (TPSA) is 73.2 Å². The predicted molar refractivity (Wildman–Crippen MR) is 140 cm³/mol. The Kier molecular flexibility index (Phi) is 6.54. The van der Waals surface area contributed by atoms with Gasteiger partial charge in [0.1, 0.15) is 22.1 Å². The maximum Gasteiger partial charge on any atom is 0.266 e. The zero-order chi connectivity index (χ0) is 25.2. The highest BCUT2D eigenvalue weighted by atomic mass is 35.5. The van der Waals surface area contributed by atoms with Gasteiger partial charge in [-0.2, -0.15) is 0 Å². The Labute approximate surface area is 214 Å². The summed E-state index contributed by atoms with van der Waals surface area (Å²) in [5.74, 6) is 0.510. The highest BCUT2D eigenvalue weighted by molar-refractivity contribution is 7.20. The lowest BCUT2D eigenvalue weighted by molar-refractivity contribution is 0.103. The maximum absolute atomic E-state index is 14.1. The molecular weight excluding hydrogens is 501 g/mol. The Hall–Kier alpha value is -4.01. The molecular formula is C27H19ClFN3O3S. The van der Waals surface area contributed by atoms with Crippen molar-refractivity contribution in [3.63, 3.8) is 0 Å². The third kappa shape index (κ3) is 4.86. The molecule has 0 fully saturated rings. The maximum atomic E-state index is 14.1. The van der Waals surface area contributed by atoms with E-state index in [2.05, 4.69) is 10.3 Å². The van der Waals surface area contributed by atoms with Gasteiger partial charge in [0.2, 0.25) is 0 Å². The van der Waals surface area contributed by atoms with E-state index in [0.29, 0.717) is 48.4 Å². The number of rotatable bonds is 6. The van der Waals surface area contributed by atoms with Gasteiger partial charge in [-0.15, -0.1) is 11.3 Å². The summed E-state index contributed by atoms with van der Waals surface area (Å²) in [5.41, 5.74) is 1.18. The van der Waals surface area contributed by atoms with E-state index in [-0.39, 0.29) is 18.0 Å². The van der Waals surface area contributed by atoms with Gasteiger partial charge in [0.05, 0.1) is 23.1 Å². The van der Waals surface area contributed by atoms with Crippen molar-refractivity contribution in [2.45, 2.75) is 13.5 Å². The largest absolute Gasteiger partial charge is 0.457 e. The highest BCUT2D eigenvalue weighted by Crippen LogP contribution is 2.29. The van der Waals surface area contributed by atoms with Crippen molar-refractivity contribution in [2.75, 3.05) is 5.32 Å². The number of carbonyl (C=O) groups excluding carboxylic acids is 1. The molecule has 0 saturated carbocycles. The molecule has 5 aromatic rings. The highest BCUT2D eigenvalue weighted by Gasteiger charge is 2.20. The third-order valence-electron chi connectivity index (χ3n) is 5.58. The minimum absolute atomic E-state index is 0.0513. The molecule has 180 valence electrons. The molecule has 0 radical (unpaired) electrons. The smallest absolute Gasteiger partial charge is 0.266 e. The number of fused-ring (bicyclic) bond motifs is 1. The monoisotopic (exact) mass is 519 g/mol. The van der Waals surface area contributed by atoms with Crippen molar-refractivity contribution < 1.29 is 13.9 Å². The van der Waals surface area contributed by atoms with Crippen LogP contribution in [0.5, 0.6) is 11.5 Å². The van der Waals surface area contributed by atoms with Crippen molar-refractivity contribution in [3.05, 3.63) is 116 Å². The number of nitrogens with one attached hydrogen (secondary N) is 1. The summed E-state index contributed by atoms with van der Waals surface area (Å²) in [6, 6.07) is 20.2. The summed E-state index contributed by atoms with van der Waals surface area (Å²) < 4.78 is 21.2. The fraction of sp³-hybridized carbons (Fsp3) is 0.0741. The number of hydrogen-bond acceptors (Lipinski definition) is 5. The zero-order valence-corrected chi connectivity index (χ0v) is 20.6. The van der Waals surface area contributed by atoms with Crippen LogP contribution < -0.4 is 15.6 Å². The molecule has 3 aromatic carbocycles. The number of carbonyl (C=O) groups is 1. The quantitative estimate of drug-likeness (QED) is 0.272. The Bertz CT molecular complexity index is 1630. The van der Waals surface area contributed by atoms with E-state index in [0.717, 1.165) is 11.3 Å². The van der Waals surface area contributed by atoms with Gasteiger partial charge in [-0.25, -0.2) is 9.37 Å². The van der Waals surface area contributed by atoms with E-state index in [1.165, 1.54) is 17.0 Å². The molecule has 0 spiro atoms. The molecule has 6 nitrogen and oxygen atoms in total. The van der Waals surface area contributed by atoms with Gasteiger partial charge in [-0.1, -0.05) is 29.8 Å². The molecule has 36 heavy (non-hydrogen) atoms. The lowest BCUT2D eigenvalue weighted by Gasteiger charge is -2.08. The van der Waals surface area contributed by atoms with E-state index in [1.807, 2.05) is 0 Å². The number of anilines is 1. The van der Waals surface area contributed by atoms with Gasteiger partial charge in [-0.3, -0.25) is 14.2 Å². The van der Waals surface area contributed by atoms with E-state index in [1.54, 1.807) is 73.7 Å². The van der Waals surface area contributed by atoms with E-state index >= 15 is 0 Å². The van der Waals surface area contributed by atoms with Crippen molar-refractivity contribution in [1.29, 1.82) is 0 Å². The Morgan fingerprint density at radius 1 is 1.06 bits per heavy atom. The molecule has 1 amide bonds. The molecule has 2 aromatic heterocycles. The number of benzene rings is 3. The lowest BCUT2D eigenvalue weighted by atomic mass is 10.2. The summed E-state index contributed by atoms with van der Waals surface area (Å²) in [6.45, 7) is 1.77. The number of halogens is 2. The van der Waals surface area contributed by atoms with E-state index < -0.39 is 5.82 Å². The van der Waals surface area contributed by atoms with Crippen molar-refractivity contribution in [3.8, 4) is 11.5 Å². The fourth-order valence-electron chi connectivity index (χ4n) is 3.73. The Morgan fingerprint density at radius 2 is 1.72 bits per heavy atom. The number of nitrogens with zero attached hydrogens (tertiary/aromatic N) is 2. The molecule has 0 aliphatic carbocycles. The average Bonchev–Trinajstić information content (AvgIpc) is 3.22. The SMILES string of the molecule is Cc1c(C(=O)Nc2ccc(Oc3ccc(Cl)cc3)cc2)sc2ncn(Cc3ccccc3F)c(=O)c12. The van der Waals surface area contributed by atoms with E-state index in [4.69, 9.17) is 16.3 Å². The van der Waals surface area contributed by atoms with Crippen LogP contribution in [-0.4, -0.2) is 15.5 Å². The van der Waals surface area contributed by atoms with Gasteiger partial charge < -0.3 is 10.1 Å². The summed E-state index contributed by atoms with van der Waals surface area (Å²) in [7, 11) is 0. The first-order chi connectivity index (χ1) is 17.4.